The van der Waals surface area contributed by atoms with Crippen molar-refractivity contribution in [1.82, 2.24) is 29.1 Å². The number of halogens is 2. The summed E-state index contributed by atoms with van der Waals surface area (Å²) in [4.78, 5) is 68.6. The second-order valence-corrected chi connectivity index (χ2v) is 19.4. The van der Waals surface area contributed by atoms with Crippen LogP contribution in [0, 0.1) is 7.43 Å². The number of hydrogen-bond donors (Lipinski definition) is 0. The summed E-state index contributed by atoms with van der Waals surface area (Å²) in [5.41, 5.74) is 0.353. The van der Waals surface area contributed by atoms with Gasteiger partial charge < -0.3 is 26.4 Å². The first kappa shape index (κ1) is 57.7. The molecule has 6 rings (SSSR count). The number of fused-ring (bicyclic) bond motifs is 2. The molecule has 0 fully saturated rings. The van der Waals surface area contributed by atoms with E-state index < -0.39 is 40.6 Å². The Morgan fingerprint density at radius 3 is 1.42 bits per heavy atom. The zero-order valence-corrected chi connectivity index (χ0v) is 42.6. The largest absolute Gasteiger partial charge is 0.460 e. The van der Waals surface area contributed by atoms with Crippen molar-refractivity contribution in [1.29, 1.82) is 0 Å². The molecule has 0 unspecified atom stereocenters. The third-order valence-electron chi connectivity index (χ3n) is 8.35. The van der Waals surface area contributed by atoms with Crippen LogP contribution in [0.15, 0.2) is 78.9 Å². The van der Waals surface area contributed by atoms with Crippen LogP contribution in [-0.2, 0) is 55.4 Å². The molecule has 2 aromatic carbocycles. The standard InChI is InChI=1S/C24H28ClN3O4.C24H26ClN3O4.CH4.CH3.Pd/c2*1-23(2,3)31-18(29)13-12-16-14-17-19(25)26-20(15-10-8-7-9-11-15)27-21(17)28(16)22(30)32-24(4,5)6;;;/h7-11,14H,12-13H2,1-6H3;7-14H,1-6H3;1H4;1H3;/q;;;-1;/b;13-12+;;;. The number of hydrogen-bond acceptors (Lipinski definition) is 12. The molecule has 0 amide bonds. The fourth-order valence-electron chi connectivity index (χ4n) is 6.01. The van der Waals surface area contributed by atoms with Crippen LogP contribution in [0.3, 0.4) is 0 Å². The molecule has 67 heavy (non-hydrogen) atoms. The SMILES string of the molecule is C.CC(C)(C)OC(=O)/C=C/c1cc2c(Cl)nc(-c3ccccc3)nc2n1C(=O)OC(C)(C)C.CC(C)(C)OC(=O)CCc1cc2c(Cl)nc(-c3ccccc3)nc2n1C(=O)OC(C)(C)C.[CH3-].[Pd]. The molecule has 4 aromatic heterocycles. The van der Waals surface area contributed by atoms with E-state index in [1.807, 2.05) is 81.4 Å². The molecular formula is C50H61Cl2N6O8Pd-. The topological polar surface area (TPSA) is 167 Å². The van der Waals surface area contributed by atoms with Crippen molar-refractivity contribution >= 4 is 75.5 Å². The van der Waals surface area contributed by atoms with Crippen LogP contribution in [-0.4, -0.2) is 75.6 Å². The van der Waals surface area contributed by atoms with Crippen molar-refractivity contribution < 1.29 is 58.5 Å². The van der Waals surface area contributed by atoms with Gasteiger partial charge >= 0.3 is 24.1 Å². The first-order valence-corrected chi connectivity index (χ1v) is 21.3. The van der Waals surface area contributed by atoms with Crippen LogP contribution in [0.2, 0.25) is 10.3 Å². The fraction of sp³-hybridized carbons (Fsp3) is 0.380. The number of esters is 2. The number of carbonyl (C=O) groups excluding carboxylic acids is 4. The number of nitrogens with zero attached hydrogens (tertiary/aromatic N) is 6. The summed E-state index contributed by atoms with van der Waals surface area (Å²) < 4.78 is 24.5. The molecule has 0 aliphatic rings. The minimum Gasteiger partial charge on any atom is -0.460 e. The van der Waals surface area contributed by atoms with E-state index in [-0.39, 0.29) is 70.0 Å². The Morgan fingerprint density at radius 2 is 0.985 bits per heavy atom. The van der Waals surface area contributed by atoms with Gasteiger partial charge in [-0.3, -0.25) is 4.79 Å². The number of aryl methyl sites for hydroxylation is 1. The quantitative estimate of drug-likeness (QED) is 0.0371. The van der Waals surface area contributed by atoms with E-state index in [2.05, 4.69) is 19.9 Å². The van der Waals surface area contributed by atoms with Gasteiger partial charge in [0.15, 0.2) is 22.9 Å². The Bertz CT molecular complexity index is 2710. The van der Waals surface area contributed by atoms with Gasteiger partial charge in [0.2, 0.25) is 0 Å². The molecule has 0 saturated carbocycles. The summed E-state index contributed by atoms with van der Waals surface area (Å²) in [6, 6.07) is 22.0. The third kappa shape index (κ3) is 16.4. The Morgan fingerprint density at radius 1 is 0.582 bits per heavy atom. The molecule has 0 saturated heterocycles. The van der Waals surface area contributed by atoms with E-state index in [1.165, 1.54) is 21.3 Å². The van der Waals surface area contributed by atoms with Gasteiger partial charge in [0.05, 0.1) is 22.9 Å². The first-order chi connectivity index (χ1) is 29.7. The van der Waals surface area contributed by atoms with Crippen molar-refractivity contribution in [2.24, 2.45) is 0 Å². The van der Waals surface area contributed by atoms with Gasteiger partial charge in [0.1, 0.15) is 32.7 Å². The van der Waals surface area contributed by atoms with E-state index in [4.69, 9.17) is 42.1 Å². The molecule has 6 aromatic rings. The van der Waals surface area contributed by atoms with Gasteiger partial charge in [-0.05, 0) is 108 Å². The van der Waals surface area contributed by atoms with Crippen molar-refractivity contribution in [2.45, 2.75) is 126 Å². The predicted octanol–water partition coefficient (Wildman–Crippen LogP) is 12.8. The number of carbonyl (C=O) groups is 4. The number of rotatable bonds is 7. The molecule has 364 valence electrons. The molecule has 0 radical (unpaired) electrons. The van der Waals surface area contributed by atoms with Crippen molar-refractivity contribution in [3.8, 4) is 22.8 Å². The number of benzene rings is 2. The molecule has 0 aliphatic heterocycles. The van der Waals surface area contributed by atoms with E-state index in [0.29, 0.717) is 39.5 Å². The van der Waals surface area contributed by atoms with Gasteiger partial charge in [-0.15, -0.1) is 0 Å². The molecular weight excluding hydrogens is 990 g/mol. The second kappa shape index (κ2) is 23.0. The molecule has 4 heterocycles. The monoisotopic (exact) mass is 1050 g/mol. The summed E-state index contributed by atoms with van der Waals surface area (Å²) in [5.74, 6) is -0.139. The van der Waals surface area contributed by atoms with Crippen LogP contribution in [0.25, 0.3) is 50.9 Å². The Hall–Kier alpha value is -5.46. The maximum absolute atomic E-state index is 13.1. The molecule has 0 spiro atoms. The molecule has 0 N–H and O–H groups in total. The first-order valence-electron chi connectivity index (χ1n) is 20.6. The van der Waals surface area contributed by atoms with Crippen LogP contribution in [0.1, 0.15) is 108 Å². The normalized spacial score (nSPS) is 11.7. The van der Waals surface area contributed by atoms with Crippen LogP contribution in [0.5, 0.6) is 0 Å². The maximum atomic E-state index is 13.1. The van der Waals surface area contributed by atoms with E-state index in [9.17, 15) is 19.2 Å². The van der Waals surface area contributed by atoms with Gasteiger partial charge in [0.25, 0.3) is 0 Å². The van der Waals surface area contributed by atoms with Gasteiger partial charge in [-0.1, -0.05) is 91.3 Å². The summed E-state index contributed by atoms with van der Waals surface area (Å²) in [5, 5.41) is 1.37. The zero-order valence-electron chi connectivity index (χ0n) is 39.5. The Labute approximate surface area is 417 Å². The smallest absolute Gasteiger partial charge is 0.420 e. The Kier molecular flexibility index (Phi) is 19.8. The molecule has 14 nitrogen and oxygen atoms in total. The summed E-state index contributed by atoms with van der Waals surface area (Å²) in [6.45, 7) is 21.4. The fourth-order valence-corrected chi connectivity index (χ4v) is 6.45. The minimum absolute atomic E-state index is 0. The average molecular weight is 1050 g/mol. The van der Waals surface area contributed by atoms with Crippen molar-refractivity contribution in [3.63, 3.8) is 0 Å². The van der Waals surface area contributed by atoms with Crippen LogP contribution in [0.4, 0.5) is 9.59 Å². The second-order valence-electron chi connectivity index (χ2n) is 18.7. The van der Waals surface area contributed by atoms with Crippen molar-refractivity contribution in [2.75, 3.05) is 0 Å². The molecule has 0 atom stereocenters. The maximum Gasteiger partial charge on any atom is 0.420 e. The molecule has 0 bridgehead atoms. The predicted molar refractivity (Wildman–Crippen MR) is 261 cm³/mol. The van der Waals surface area contributed by atoms with Crippen molar-refractivity contribution in [3.05, 3.63) is 108 Å². The number of ether oxygens (including phenoxy) is 4. The average Bonchev–Trinajstić information content (AvgIpc) is 3.74. The van der Waals surface area contributed by atoms with E-state index in [1.54, 1.807) is 74.4 Å². The van der Waals surface area contributed by atoms with Crippen LogP contribution >= 0.6 is 23.2 Å². The third-order valence-corrected chi connectivity index (χ3v) is 8.92. The zero-order chi connectivity index (χ0) is 47.4. The van der Waals surface area contributed by atoms with Gasteiger partial charge in [-0.2, -0.15) is 0 Å². The summed E-state index contributed by atoms with van der Waals surface area (Å²) >= 11 is 12.9. The van der Waals surface area contributed by atoms with E-state index in [0.717, 1.165) is 11.1 Å². The summed E-state index contributed by atoms with van der Waals surface area (Å²) in [6.07, 6.45) is 1.82. The number of aromatic nitrogens is 6. The molecule has 17 heteroatoms. The van der Waals surface area contributed by atoms with Gasteiger partial charge in [0, 0.05) is 43.3 Å². The molecule has 0 aliphatic carbocycles. The summed E-state index contributed by atoms with van der Waals surface area (Å²) in [7, 11) is 0. The Balaban J connectivity index is 0.000000440. The van der Waals surface area contributed by atoms with Crippen LogP contribution < -0.4 is 0 Å². The van der Waals surface area contributed by atoms with E-state index >= 15 is 0 Å². The minimum atomic E-state index is -0.737. The van der Waals surface area contributed by atoms with Gasteiger partial charge in [-0.25, -0.2) is 43.5 Å².